The second-order valence-corrected chi connectivity index (χ2v) is 4.17. The summed E-state index contributed by atoms with van der Waals surface area (Å²) in [4.78, 5) is 2.59. The summed E-state index contributed by atoms with van der Waals surface area (Å²) in [6.45, 7) is 0.133. The second kappa shape index (κ2) is 5.57. The molecule has 0 bridgehead atoms. The molecule has 5 N–H and O–H groups in total. The van der Waals surface area contributed by atoms with E-state index in [1.807, 2.05) is 0 Å². The van der Waals surface area contributed by atoms with Gasteiger partial charge in [-0.3, -0.25) is 5.10 Å². The van der Waals surface area contributed by atoms with Crippen molar-refractivity contribution in [3.05, 3.63) is 34.2 Å². The summed E-state index contributed by atoms with van der Waals surface area (Å²) in [5.41, 5.74) is 15.0. The quantitative estimate of drug-likeness (QED) is 0.365. The number of anilines is 1. The van der Waals surface area contributed by atoms with E-state index in [9.17, 15) is 10.2 Å². The Morgan fingerprint density at radius 1 is 1.47 bits per heavy atom. The minimum atomic E-state index is -1.05. The van der Waals surface area contributed by atoms with Crippen LogP contribution < -0.4 is 5.73 Å². The van der Waals surface area contributed by atoms with E-state index in [2.05, 4.69) is 20.2 Å². The number of azide groups is 1. The first-order valence-electron chi connectivity index (χ1n) is 5.74. The lowest BCUT2D eigenvalue weighted by Gasteiger charge is -2.17. The molecule has 0 aliphatic rings. The molecule has 1 aromatic carbocycles. The molecule has 1 aromatic heterocycles. The number of benzene rings is 1. The maximum absolute atomic E-state index is 10.0. The monoisotopic (exact) mass is 262 g/mol. The van der Waals surface area contributed by atoms with Gasteiger partial charge in [-0.25, -0.2) is 0 Å². The number of aromatic amines is 1. The SMILES string of the molecule is [N-]=[N+]=NCCC(O)C(O)c1ccc2c(N)n[nH]c2c1. The van der Waals surface area contributed by atoms with Crippen molar-refractivity contribution >= 4 is 16.7 Å². The lowest BCUT2D eigenvalue weighted by molar-refractivity contribution is 0.0151. The molecule has 1 heterocycles. The Hall–Kier alpha value is -2.28. The molecule has 8 heteroatoms. The highest BCUT2D eigenvalue weighted by Gasteiger charge is 2.18. The van der Waals surface area contributed by atoms with Gasteiger partial charge in [-0.15, -0.1) is 0 Å². The van der Waals surface area contributed by atoms with Crippen LogP contribution in [-0.2, 0) is 0 Å². The molecule has 0 aliphatic carbocycles. The van der Waals surface area contributed by atoms with Crippen LogP contribution in [0.4, 0.5) is 5.82 Å². The smallest absolute Gasteiger partial charge is 0.153 e. The number of aliphatic hydroxyl groups excluding tert-OH is 2. The van der Waals surface area contributed by atoms with Crippen molar-refractivity contribution < 1.29 is 10.2 Å². The van der Waals surface area contributed by atoms with E-state index in [-0.39, 0.29) is 13.0 Å². The predicted octanol–water partition coefficient (Wildman–Crippen LogP) is 1.24. The van der Waals surface area contributed by atoms with Gasteiger partial charge in [0.2, 0.25) is 0 Å². The highest BCUT2D eigenvalue weighted by Crippen LogP contribution is 2.25. The van der Waals surface area contributed by atoms with Crippen LogP contribution in [0.1, 0.15) is 18.1 Å². The van der Waals surface area contributed by atoms with Gasteiger partial charge in [-0.2, -0.15) is 5.10 Å². The van der Waals surface area contributed by atoms with Crippen molar-refractivity contribution in [2.24, 2.45) is 5.11 Å². The molecular formula is C11H14N6O2. The third kappa shape index (κ3) is 2.76. The number of H-pyrrole nitrogens is 1. The van der Waals surface area contributed by atoms with E-state index in [4.69, 9.17) is 11.3 Å². The van der Waals surface area contributed by atoms with Gasteiger partial charge in [0.1, 0.15) is 6.10 Å². The van der Waals surface area contributed by atoms with Gasteiger partial charge >= 0.3 is 0 Å². The van der Waals surface area contributed by atoms with Gasteiger partial charge in [0, 0.05) is 16.8 Å². The Labute approximate surface area is 108 Å². The zero-order valence-electron chi connectivity index (χ0n) is 10.1. The molecular weight excluding hydrogens is 248 g/mol. The molecule has 2 aromatic rings. The van der Waals surface area contributed by atoms with Crippen molar-refractivity contribution in [2.75, 3.05) is 12.3 Å². The molecule has 0 radical (unpaired) electrons. The van der Waals surface area contributed by atoms with Crippen LogP contribution in [0.3, 0.4) is 0 Å². The van der Waals surface area contributed by atoms with E-state index in [0.29, 0.717) is 16.9 Å². The van der Waals surface area contributed by atoms with Crippen LogP contribution >= 0.6 is 0 Å². The molecule has 2 rings (SSSR count). The van der Waals surface area contributed by atoms with Gasteiger partial charge in [0.25, 0.3) is 0 Å². The molecule has 2 unspecified atom stereocenters. The Kier molecular flexibility index (Phi) is 3.86. The molecule has 0 saturated heterocycles. The second-order valence-electron chi connectivity index (χ2n) is 4.17. The number of nitrogens with one attached hydrogen (secondary N) is 1. The van der Waals surface area contributed by atoms with Crippen LogP contribution in [0.15, 0.2) is 23.3 Å². The van der Waals surface area contributed by atoms with Crippen LogP contribution in [0.5, 0.6) is 0 Å². The van der Waals surface area contributed by atoms with E-state index in [1.165, 1.54) is 0 Å². The fraction of sp³-hybridized carbons (Fsp3) is 0.364. The summed E-state index contributed by atoms with van der Waals surface area (Å²) in [6.07, 6.45) is -1.86. The third-order valence-corrected chi connectivity index (χ3v) is 2.91. The molecule has 0 fully saturated rings. The summed E-state index contributed by atoms with van der Waals surface area (Å²) in [7, 11) is 0. The van der Waals surface area contributed by atoms with E-state index < -0.39 is 12.2 Å². The fourth-order valence-electron chi connectivity index (χ4n) is 1.86. The maximum atomic E-state index is 10.0. The number of fused-ring (bicyclic) bond motifs is 1. The first-order chi connectivity index (χ1) is 9.13. The number of aromatic nitrogens is 2. The molecule has 100 valence electrons. The maximum Gasteiger partial charge on any atom is 0.153 e. The van der Waals surface area contributed by atoms with Crippen molar-refractivity contribution in [1.82, 2.24) is 10.2 Å². The van der Waals surface area contributed by atoms with Crippen LogP contribution in [0.25, 0.3) is 21.3 Å². The number of hydrogen-bond acceptors (Lipinski definition) is 5. The summed E-state index contributed by atoms with van der Waals surface area (Å²) < 4.78 is 0. The number of nitrogens with two attached hydrogens (primary N) is 1. The van der Waals surface area contributed by atoms with Crippen LogP contribution in [-0.4, -0.2) is 33.1 Å². The normalized spacial score (nSPS) is 14.0. The number of nitrogen functional groups attached to an aromatic ring is 1. The Morgan fingerprint density at radius 3 is 3.00 bits per heavy atom. The molecule has 0 aliphatic heterocycles. The zero-order valence-corrected chi connectivity index (χ0v) is 10.1. The average molecular weight is 262 g/mol. The molecule has 2 atom stereocenters. The molecule has 0 amide bonds. The average Bonchev–Trinajstić information content (AvgIpc) is 2.79. The molecule has 19 heavy (non-hydrogen) atoms. The zero-order chi connectivity index (χ0) is 13.8. The lowest BCUT2D eigenvalue weighted by atomic mass is 10.0. The van der Waals surface area contributed by atoms with Gasteiger partial charge in [-0.05, 0) is 29.6 Å². The van der Waals surface area contributed by atoms with Crippen LogP contribution in [0.2, 0.25) is 0 Å². The van der Waals surface area contributed by atoms with Crippen molar-refractivity contribution in [3.8, 4) is 0 Å². The first-order valence-corrected chi connectivity index (χ1v) is 5.74. The highest BCUT2D eigenvalue weighted by atomic mass is 16.3. The summed E-state index contributed by atoms with van der Waals surface area (Å²) in [6, 6.07) is 5.09. The Morgan fingerprint density at radius 2 is 2.26 bits per heavy atom. The minimum Gasteiger partial charge on any atom is -0.390 e. The Balaban J connectivity index is 2.16. The topological polar surface area (TPSA) is 144 Å². The van der Waals surface area contributed by atoms with Gasteiger partial charge in [0.15, 0.2) is 5.82 Å². The van der Waals surface area contributed by atoms with E-state index in [0.717, 1.165) is 5.39 Å². The number of nitrogens with zero attached hydrogens (tertiary/aromatic N) is 4. The van der Waals surface area contributed by atoms with Gasteiger partial charge in [0.05, 0.1) is 11.6 Å². The highest BCUT2D eigenvalue weighted by molar-refractivity contribution is 5.88. The minimum absolute atomic E-state index is 0.133. The van der Waals surface area contributed by atoms with Gasteiger partial charge in [-0.1, -0.05) is 11.2 Å². The van der Waals surface area contributed by atoms with Crippen molar-refractivity contribution in [2.45, 2.75) is 18.6 Å². The fourth-order valence-corrected chi connectivity index (χ4v) is 1.86. The largest absolute Gasteiger partial charge is 0.390 e. The lowest BCUT2D eigenvalue weighted by Crippen LogP contribution is -2.19. The molecule has 0 saturated carbocycles. The van der Waals surface area contributed by atoms with E-state index >= 15 is 0 Å². The van der Waals surface area contributed by atoms with E-state index in [1.54, 1.807) is 18.2 Å². The van der Waals surface area contributed by atoms with Crippen LogP contribution in [0, 0.1) is 0 Å². The number of aliphatic hydroxyl groups is 2. The van der Waals surface area contributed by atoms with Crippen molar-refractivity contribution in [3.63, 3.8) is 0 Å². The Bertz CT molecular complexity index is 619. The summed E-state index contributed by atoms with van der Waals surface area (Å²) in [5, 5.41) is 30.5. The summed E-state index contributed by atoms with van der Waals surface area (Å²) in [5.74, 6) is 0.389. The van der Waals surface area contributed by atoms with Crippen molar-refractivity contribution in [1.29, 1.82) is 0 Å². The number of hydrogen-bond donors (Lipinski definition) is 4. The third-order valence-electron chi connectivity index (χ3n) is 2.91. The summed E-state index contributed by atoms with van der Waals surface area (Å²) >= 11 is 0. The first kappa shape index (κ1) is 13.2. The standard InChI is InChI=1S/C11H14N6O2/c12-11-7-2-1-6(5-8(7)15-16-11)10(19)9(18)3-4-14-17-13/h1-2,5,9-10,18-19H,3-4H2,(H3,12,15,16). The predicted molar refractivity (Wildman–Crippen MR) is 70.1 cm³/mol. The molecule has 8 nitrogen and oxygen atoms in total. The number of rotatable bonds is 5. The van der Waals surface area contributed by atoms with Gasteiger partial charge < -0.3 is 15.9 Å². The molecule has 0 spiro atoms.